The minimum atomic E-state index is -2.20. The Labute approximate surface area is 274 Å². The Bertz CT molecular complexity index is 1370. The van der Waals surface area contributed by atoms with E-state index in [1.807, 2.05) is 0 Å². The number of ether oxygens (including phenoxy) is 3. The highest BCUT2D eigenvalue weighted by Gasteiger charge is 2.62. The number of benzene rings is 1. The molecule has 1 aromatic carbocycles. The topological polar surface area (TPSA) is 100 Å². The molecule has 3 aliphatic rings. The molecule has 7 atom stereocenters. The molecule has 0 saturated heterocycles. The maximum Gasteiger partial charge on any atom is 0.336 e. The van der Waals surface area contributed by atoms with Gasteiger partial charge < -0.3 is 24.0 Å². The predicted molar refractivity (Wildman–Crippen MR) is 178 cm³/mol. The van der Waals surface area contributed by atoms with E-state index in [1.165, 1.54) is 26.0 Å². The fraction of sp³-hybridized carbons (Fsp3) is 0.639. The molecule has 0 unspecified atom stereocenters. The monoisotopic (exact) mass is 657 g/mol. The third kappa shape index (κ3) is 7.28. The van der Waals surface area contributed by atoms with Gasteiger partial charge in [-0.15, -0.1) is 0 Å². The second-order valence-corrected chi connectivity index (χ2v) is 20.2. The van der Waals surface area contributed by atoms with E-state index in [0.717, 1.165) is 12.0 Å². The number of rotatable bonds is 10. The van der Waals surface area contributed by atoms with Gasteiger partial charge in [0.15, 0.2) is 8.32 Å². The van der Waals surface area contributed by atoms with Crippen LogP contribution in [0.15, 0.2) is 48.1 Å². The lowest BCUT2D eigenvalue weighted by Crippen LogP contribution is -2.62. The van der Waals surface area contributed by atoms with Crippen molar-refractivity contribution in [3.63, 3.8) is 0 Å². The number of carbonyl (C=O) groups excluding carboxylic acids is 3. The summed E-state index contributed by atoms with van der Waals surface area (Å²) in [4.78, 5) is 37.8. The van der Waals surface area contributed by atoms with Gasteiger partial charge in [0.1, 0.15) is 24.6 Å². The second-order valence-electron chi connectivity index (χ2n) is 15.4. The van der Waals surface area contributed by atoms with E-state index < -0.39 is 43.9 Å². The Morgan fingerprint density at radius 2 is 1.76 bits per heavy atom. The van der Waals surface area contributed by atoms with Crippen LogP contribution in [0.5, 0.6) is 0 Å². The molecule has 0 spiro atoms. The number of nitrogens with one attached hydrogen (secondary N) is 1. The van der Waals surface area contributed by atoms with Crippen LogP contribution in [0, 0.1) is 28.5 Å². The zero-order chi connectivity index (χ0) is 34.2. The smallest absolute Gasteiger partial charge is 0.336 e. The van der Waals surface area contributed by atoms with Gasteiger partial charge in [0, 0.05) is 31.6 Å². The molecule has 2 fully saturated rings. The molecule has 2 aliphatic carbocycles. The molecule has 4 rings (SSSR count). The van der Waals surface area contributed by atoms with E-state index in [4.69, 9.17) is 18.6 Å². The number of cyclic esters (lactones) is 1. The minimum absolute atomic E-state index is 0.0230. The van der Waals surface area contributed by atoms with E-state index in [-0.39, 0.29) is 40.7 Å². The lowest BCUT2D eigenvalue weighted by atomic mass is 9.45. The first-order valence-corrected chi connectivity index (χ1v) is 19.3. The van der Waals surface area contributed by atoms with Crippen LogP contribution in [0.25, 0.3) is 0 Å². The number of fused-ring (bicyclic) bond motifs is 1. The first-order valence-electron chi connectivity index (χ1n) is 16.3. The highest BCUT2D eigenvalue weighted by atomic mass is 28.4. The van der Waals surface area contributed by atoms with Gasteiger partial charge >= 0.3 is 17.9 Å². The van der Waals surface area contributed by atoms with Crippen molar-refractivity contribution in [2.75, 3.05) is 18.5 Å². The Morgan fingerprint density at radius 1 is 1.13 bits per heavy atom. The number of esters is 3. The van der Waals surface area contributed by atoms with Crippen LogP contribution < -0.4 is 5.32 Å². The zero-order valence-electron chi connectivity index (χ0n) is 29.0. The third-order valence-corrected chi connectivity index (χ3v) is 15.8. The SMILES string of the molecule is C=C1[C@@H](OC(C)=O)C[C@@H]2[C@](C)(CO[Si](C)(C)C(C)(C)C)[C@H](OC(C)=O)CC[C@@]2(C)[C@@H]1C[C@@H](Nc1ccc(F)cc1)C1=CCOC1=O. The summed E-state index contributed by atoms with van der Waals surface area (Å²) in [7, 11) is -2.20. The van der Waals surface area contributed by atoms with E-state index in [9.17, 15) is 18.8 Å². The number of carbonyl (C=O) groups is 3. The van der Waals surface area contributed by atoms with Crippen molar-refractivity contribution in [2.45, 2.75) is 111 Å². The predicted octanol–water partition coefficient (Wildman–Crippen LogP) is 7.36. The van der Waals surface area contributed by atoms with Crippen LogP contribution in [0.3, 0.4) is 0 Å². The van der Waals surface area contributed by atoms with Crippen LogP contribution in [-0.4, -0.2) is 57.7 Å². The molecule has 10 heteroatoms. The van der Waals surface area contributed by atoms with Gasteiger partial charge in [0.25, 0.3) is 0 Å². The third-order valence-electron chi connectivity index (χ3n) is 11.3. The maximum atomic E-state index is 13.8. The highest BCUT2D eigenvalue weighted by molar-refractivity contribution is 6.74. The minimum Gasteiger partial charge on any atom is -0.462 e. The zero-order valence-corrected chi connectivity index (χ0v) is 30.0. The normalized spacial score (nSPS) is 30.5. The summed E-state index contributed by atoms with van der Waals surface area (Å²) in [6.07, 6.45) is 3.16. The van der Waals surface area contributed by atoms with E-state index in [1.54, 1.807) is 18.2 Å². The van der Waals surface area contributed by atoms with Crippen LogP contribution in [-0.2, 0) is 33.0 Å². The van der Waals surface area contributed by atoms with Gasteiger partial charge in [-0.1, -0.05) is 41.2 Å². The van der Waals surface area contributed by atoms with Crippen LogP contribution in [0.4, 0.5) is 10.1 Å². The molecule has 254 valence electrons. The summed E-state index contributed by atoms with van der Waals surface area (Å²) >= 11 is 0. The Kier molecular flexibility index (Phi) is 10.3. The van der Waals surface area contributed by atoms with Gasteiger partial charge in [-0.05, 0) is 97.0 Å². The highest BCUT2D eigenvalue weighted by Crippen LogP contribution is 2.63. The van der Waals surface area contributed by atoms with Gasteiger partial charge in [-0.2, -0.15) is 0 Å². The van der Waals surface area contributed by atoms with Gasteiger partial charge in [-0.3, -0.25) is 9.59 Å². The van der Waals surface area contributed by atoms with Gasteiger partial charge in [0.2, 0.25) is 0 Å². The average molecular weight is 658 g/mol. The molecule has 1 aliphatic heterocycles. The summed E-state index contributed by atoms with van der Waals surface area (Å²) in [6, 6.07) is 5.56. The average Bonchev–Trinajstić information content (AvgIpc) is 3.38. The Balaban J connectivity index is 1.79. The van der Waals surface area contributed by atoms with E-state index in [2.05, 4.69) is 59.6 Å². The first kappa shape index (κ1) is 35.9. The number of anilines is 1. The molecule has 1 heterocycles. The van der Waals surface area contributed by atoms with Gasteiger partial charge in [-0.25, -0.2) is 9.18 Å². The van der Waals surface area contributed by atoms with Crippen molar-refractivity contribution in [1.29, 1.82) is 0 Å². The molecule has 46 heavy (non-hydrogen) atoms. The quantitative estimate of drug-likeness (QED) is 0.121. The van der Waals surface area contributed by atoms with Crippen molar-refractivity contribution < 1.29 is 37.4 Å². The molecule has 2 saturated carbocycles. The number of hydrogen-bond acceptors (Lipinski definition) is 8. The Morgan fingerprint density at radius 3 is 2.30 bits per heavy atom. The standard InChI is InChI=1S/C36H52FNO7Si/c1-22-28(19-29(27-16-18-42-33(27)41)38-26-13-11-25(37)12-14-26)35(7)17-15-32(45-24(3)40)36(8,21-43-46(9,10)34(4,5)6)31(35)20-30(22)44-23(2)39/h11-14,16,28-32,38H,1,15,17-21H2,2-10H3/t28-,29-,30+,31+,32-,35+,36+/m1/s1. The molecule has 1 N–H and O–H groups in total. The van der Waals surface area contributed by atoms with Crippen molar-refractivity contribution in [3.05, 3.63) is 53.9 Å². The van der Waals surface area contributed by atoms with E-state index >= 15 is 0 Å². The lowest BCUT2D eigenvalue weighted by Gasteiger charge is -2.62. The van der Waals surface area contributed by atoms with Crippen LogP contribution >= 0.6 is 0 Å². The maximum absolute atomic E-state index is 13.8. The lowest BCUT2D eigenvalue weighted by molar-refractivity contribution is -0.192. The van der Waals surface area contributed by atoms with Gasteiger partial charge in [0.05, 0.1) is 11.6 Å². The largest absolute Gasteiger partial charge is 0.462 e. The number of hydrogen-bond donors (Lipinski definition) is 1. The van der Waals surface area contributed by atoms with E-state index in [0.29, 0.717) is 37.1 Å². The molecule has 8 nitrogen and oxygen atoms in total. The molecule has 0 bridgehead atoms. The van der Waals surface area contributed by atoms with Crippen molar-refractivity contribution >= 4 is 31.9 Å². The molecule has 1 aromatic rings. The fourth-order valence-electron chi connectivity index (χ4n) is 7.68. The summed E-state index contributed by atoms with van der Waals surface area (Å²) in [5, 5.41) is 3.44. The van der Waals surface area contributed by atoms with Crippen molar-refractivity contribution in [1.82, 2.24) is 0 Å². The van der Waals surface area contributed by atoms with Crippen LogP contribution in [0.1, 0.15) is 74.1 Å². The van der Waals surface area contributed by atoms with Crippen molar-refractivity contribution in [3.8, 4) is 0 Å². The summed E-state index contributed by atoms with van der Waals surface area (Å²) in [5.41, 5.74) is 0.992. The summed E-state index contributed by atoms with van der Waals surface area (Å²) in [5.74, 6) is -1.78. The van der Waals surface area contributed by atoms with Crippen LogP contribution in [0.2, 0.25) is 18.1 Å². The molecular formula is C36H52FNO7Si. The summed E-state index contributed by atoms with van der Waals surface area (Å²) < 4.78 is 38.0. The fourth-order valence-corrected chi connectivity index (χ4v) is 8.79. The number of halogens is 1. The molecule has 0 amide bonds. The first-order chi connectivity index (χ1) is 21.3. The van der Waals surface area contributed by atoms with Crippen molar-refractivity contribution in [2.24, 2.45) is 22.7 Å². The summed E-state index contributed by atoms with van der Waals surface area (Å²) in [6.45, 7) is 23.4. The molecular weight excluding hydrogens is 605 g/mol. The Hall–Kier alpha value is -2.98. The molecule has 0 radical (unpaired) electrons. The second kappa shape index (κ2) is 13.3. The molecule has 0 aromatic heterocycles.